The SMILES string of the molecule is COc1ccc(OC)c(NC(=O)c2cncc(Nc3cc(C)ccc3C)c2)c1. The number of methoxy groups -OCH3 is 2. The number of nitrogens with one attached hydrogen (secondary N) is 2. The molecule has 6 heteroatoms. The lowest BCUT2D eigenvalue weighted by Crippen LogP contribution is -2.13. The van der Waals surface area contributed by atoms with E-state index in [4.69, 9.17) is 9.47 Å². The average molecular weight is 377 g/mol. The number of hydrogen-bond acceptors (Lipinski definition) is 5. The summed E-state index contributed by atoms with van der Waals surface area (Å²) < 4.78 is 10.5. The highest BCUT2D eigenvalue weighted by Crippen LogP contribution is 2.29. The summed E-state index contributed by atoms with van der Waals surface area (Å²) in [4.78, 5) is 16.9. The highest BCUT2D eigenvalue weighted by Gasteiger charge is 2.12. The van der Waals surface area contributed by atoms with Gasteiger partial charge in [0.05, 0.1) is 37.4 Å². The quantitative estimate of drug-likeness (QED) is 0.651. The van der Waals surface area contributed by atoms with Crippen LogP contribution in [0.25, 0.3) is 0 Å². The first kappa shape index (κ1) is 19.2. The Balaban J connectivity index is 1.82. The first-order valence-corrected chi connectivity index (χ1v) is 8.83. The Bertz CT molecular complexity index is 1000. The lowest BCUT2D eigenvalue weighted by molar-refractivity contribution is 0.102. The number of carbonyl (C=O) groups excluding carboxylic acids is 1. The van der Waals surface area contributed by atoms with E-state index in [0.717, 1.165) is 22.5 Å². The van der Waals surface area contributed by atoms with E-state index in [9.17, 15) is 4.79 Å². The molecular weight excluding hydrogens is 354 g/mol. The maximum absolute atomic E-state index is 12.7. The van der Waals surface area contributed by atoms with Crippen molar-refractivity contribution in [1.82, 2.24) is 4.98 Å². The molecule has 144 valence electrons. The standard InChI is InChI=1S/C22H23N3O3/c1-14-5-6-15(2)19(9-14)24-17-10-16(12-23-13-17)22(26)25-20-11-18(27-3)7-8-21(20)28-4/h5-13,24H,1-4H3,(H,25,26). The molecule has 0 atom stereocenters. The second kappa shape index (κ2) is 8.43. The number of ether oxygens (including phenoxy) is 2. The number of carbonyl (C=O) groups is 1. The largest absolute Gasteiger partial charge is 0.497 e. The van der Waals surface area contributed by atoms with Gasteiger partial charge in [-0.2, -0.15) is 0 Å². The molecule has 0 unspecified atom stereocenters. The number of anilines is 3. The molecule has 28 heavy (non-hydrogen) atoms. The van der Waals surface area contributed by atoms with Crippen molar-refractivity contribution in [1.29, 1.82) is 0 Å². The predicted molar refractivity (Wildman–Crippen MR) is 111 cm³/mol. The molecule has 2 N–H and O–H groups in total. The molecule has 1 amide bonds. The summed E-state index contributed by atoms with van der Waals surface area (Å²) in [7, 11) is 3.12. The smallest absolute Gasteiger partial charge is 0.257 e. The first-order valence-electron chi connectivity index (χ1n) is 8.83. The van der Waals surface area contributed by atoms with Crippen molar-refractivity contribution >= 4 is 23.0 Å². The fourth-order valence-corrected chi connectivity index (χ4v) is 2.76. The molecule has 0 aliphatic rings. The third-order valence-corrected chi connectivity index (χ3v) is 4.33. The number of pyridine rings is 1. The van der Waals surface area contributed by atoms with Gasteiger partial charge in [0.25, 0.3) is 5.91 Å². The Labute approximate surface area is 164 Å². The number of nitrogens with zero attached hydrogens (tertiary/aromatic N) is 1. The molecule has 2 aromatic carbocycles. The van der Waals surface area contributed by atoms with Crippen molar-refractivity contribution in [2.45, 2.75) is 13.8 Å². The number of aromatic nitrogens is 1. The summed E-state index contributed by atoms with van der Waals surface area (Å²) in [5, 5.41) is 6.18. The summed E-state index contributed by atoms with van der Waals surface area (Å²) in [6.45, 7) is 4.06. The van der Waals surface area contributed by atoms with Crippen LogP contribution in [0.2, 0.25) is 0 Å². The van der Waals surface area contributed by atoms with E-state index in [-0.39, 0.29) is 5.91 Å². The number of amides is 1. The highest BCUT2D eigenvalue weighted by atomic mass is 16.5. The second-order valence-corrected chi connectivity index (χ2v) is 6.43. The van der Waals surface area contributed by atoms with Crippen LogP contribution in [0.4, 0.5) is 17.1 Å². The number of benzene rings is 2. The molecule has 0 fully saturated rings. The molecule has 6 nitrogen and oxygen atoms in total. The van der Waals surface area contributed by atoms with Crippen molar-refractivity contribution in [3.63, 3.8) is 0 Å². The van der Waals surface area contributed by atoms with Gasteiger partial charge in [0.15, 0.2) is 0 Å². The molecule has 1 aromatic heterocycles. The Morgan fingerprint density at radius 3 is 2.50 bits per heavy atom. The van der Waals surface area contributed by atoms with Crippen LogP contribution in [0.1, 0.15) is 21.5 Å². The molecule has 1 heterocycles. The number of hydrogen-bond donors (Lipinski definition) is 2. The molecule has 0 radical (unpaired) electrons. The van der Waals surface area contributed by atoms with Crippen molar-refractivity contribution < 1.29 is 14.3 Å². The van der Waals surface area contributed by atoms with Gasteiger partial charge in [-0.1, -0.05) is 12.1 Å². The zero-order valence-corrected chi connectivity index (χ0v) is 16.4. The molecule has 0 aliphatic carbocycles. The minimum absolute atomic E-state index is 0.288. The van der Waals surface area contributed by atoms with Gasteiger partial charge in [0, 0.05) is 18.0 Å². The maximum atomic E-state index is 12.7. The van der Waals surface area contributed by atoms with Crippen molar-refractivity contribution in [2.24, 2.45) is 0 Å². The van der Waals surface area contributed by atoms with Gasteiger partial charge in [-0.25, -0.2) is 0 Å². The van der Waals surface area contributed by atoms with Crippen molar-refractivity contribution in [3.8, 4) is 11.5 Å². The number of rotatable bonds is 6. The van der Waals surface area contributed by atoms with E-state index in [0.29, 0.717) is 22.7 Å². The van der Waals surface area contributed by atoms with E-state index >= 15 is 0 Å². The lowest BCUT2D eigenvalue weighted by atomic mass is 10.1. The monoisotopic (exact) mass is 377 g/mol. The predicted octanol–water partition coefficient (Wildman–Crippen LogP) is 4.71. The van der Waals surface area contributed by atoms with Crippen LogP contribution in [0.3, 0.4) is 0 Å². The summed E-state index contributed by atoms with van der Waals surface area (Å²) in [6, 6.07) is 13.2. The molecule has 0 spiro atoms. The Morgan fingerprint density at radius 2 is 1.75 bits per heavy atom. The summed E-state index contributed by atoms with van der Waals surface area (Å²) in [6.07, 6.45) is 3.21. The topological polar surface area (TPSA) is 72.5 Å². The summed E-state index contributed by atoms with van der Waals surface area (Å²) in [5.74, 6) is 0.884. The lowest BCUT2D eigenvalue weighted by Gasteiger charge is -2.13. The minimum atomic E-state index is -0.288. The zero-order valence-electron chi connectivity index (χ0n) is 16.4. The van der Waals surface area contributed by atoms with Crippen molar-refractivity contribution in [3.05, 3.63) is 71.5 Å². The van der Waals surface area contributed by atoms with Gasteiger partial charge in [0.2, 0.25) is 0 Å². The van der Waals surface area contributed by atoms with Crippen LogP contribution in [0.15, 0.2) is 54.9 Å². The molecule has 3 rings (SSSR count). The van der Waals surface area contributed by atoms with Gasteiger partial charge in [-0.3, -0.25) is 9.78 Å². The molecule has 0 saturated carbocycles. The van der Waals surface area contributed by atoms with E-state index in [2.05, 4.69) is 33.8 Å². The van der Waals surface area contributed by atoms with Crippen LogP contribution >= 0.6 is 0 Å². The van der Waals surface area contributed by atoms with E-state index in [1.807, 2.05) is 13.8 Å². The summed E-state index contributed by atoms with van der Waals surface area (Å²) >= 11 is 0. The zero-order chi connectivity index (χ0) is 20.1. The van der Waals surface area contributed by atoms with Crippen LogP contribution < -0.4 is 20.1 Å². The van der Waals surface area contributed by atoms with Crippen molar-refractivity contribution in [2.75, 3.05) is 24.9 Å². The first-order chi connectivity index (χ1) is 13.5. The molecular formula is C22H23N3O3. The maximum Gasteiger partial charge on any atom is 0.257 e. The molecule has 0 bridgehead atoms. The Kier molecular flexibility index (Phi) is 5.79. The van der Waals surface area contributed by atoms with Gasteiger partial charge < -0.3 is 20.1 Å². The van der Waals surface area contributed by atoms with Crippen LogP contribution in [0, 0.1) is 13.8 Å². The van der Waals surface area contributed by atoms with Crippen LogP contribution in [-0.2, 0) is 0 Å². The average Bonchev–Trinajstić information content (AvgIpc) is 2.71. The Morgan fingerprint density at radius 1 is 0.929 bits per heavy atom. The van der Waals surface area contributed by atoms with Crippen LogP contribution in [-0.4, -0.2) is 25.1 Å². The number of aryl methyl sites for hydroxylation is 2. The highest BCUT2D eigenvalue weighted by molar-refractivity contribution is 6.05. The fourth-order valence-electron chi connectivity index (χ4n) is 2.76. The van der Waals surface area contributed by atoms with Crippen LogP contribution in [0.5, 0.6) is 11.5 Å². The van der Waals surface area contributed by atoms with Gasteiger partial charge >= 0.3 is 0 Å². The summed E-state index contributed by atoms with van der Waals surface area (Å²) in [5.41, 5.74) is 4.94. The third-order valence-electron chi connectivity index (χ3n) is 4.33. The molecule has 3 aromatic rings. The van der Waals surface area contributed by atoms with Gasteiger partial charge in [-0.05, 0) is 49.2 Å². The third kappa shape index (κ3) is 4.40. The normalized spacial score (nSPS) is 10.3. The van der Waals surface area contributed by atoms with E-state index < -0.39 is 0 Å². The molecule has 0 saturated heterocycles. The minimum Gasteiger partial charge on any atom is -0.497 e. The van der Waals surface area contributed by atoms with E-state index in [1.165, 1.54) is 6.20 Å². The van der Waals surface area contributed by atoms with E-state index in [1.54, 1.807) is 44.7 Å². The van der Waals surface area contributed by atoms with Gasteiger partial charge in [-0.15, -0.1) is 0 Å². The van der Waals surface area contributed by atoms with Gasteiger partial charge in [0.1, 0.15) is 11.5 Å². The second-order valence-electron chi connectivity index (χ2n) is 6.43. The fraction of sp³-hybridized carbons (Fsp3) is 0.182. The molecule has 0 aliphatic heterocycles. The Hall–Kier alpha value is -3.54.